The molecule has 86 valence electrons. The highest BCUT2D eigenvalue weighted by molar-refractivity contribution is 4.80. The third-order valence-corrected chi connectivity index (χ3v) is 2.15. The van der Waals surface area contributed by atoms with Gasteiger partial charge >= 0.3 is 6.18 Å². The van der Waals surface area contributed by atoms with Gasteiger partial charge in [-0.2, -0.15) is 13.2 Å². The third kappa shape index (κ3) is 4.28. The molecule has 0 aromatic carbocycles. The van der Waals surface area contributed by atoms with Gasteiger partial charge in [0.1, 0.15) is 6.04 Å². The van der Waals surface area contributed by atoms with Gasteiger partial charge < -0.3 is 10.5 Å². The van der Waals surface area contributed by atoms with Crippen molar-refractivity contribution in [1.29, 1.82) is 0 Å². The fourth-order valence-corrected chi connectivity index (χ4v) is 1.34. The van der Waals surface area contributed by atoms with Crippen LogP contribution in [0.1, 0.15) is 26.7 Å². The second kappa shape index (κ2) is 6.24. The van der Waals surface area contributed by atoms with Gasteiger partial charge in [-0.05, 0) is 18.8 Å². The van der Waals surface area contributed by atoms with E-state index in [0.29, 0.717) is 26.1 Å². The molecule has 1 unspecified atom stereocenters. The van der Waals surface area contributed by atoms with Crippen molar-refractivity contribution in [3.8, 4) is 0 Å². The lowest BCUT2D eigenvalue weighted by atomic mass is 9.92. The summed E-state index contributed by atoms with van der Waals surface area (Å²) in [6.45, 7) is 4.79. The van der Waals surface area contributed by atoms with E-state index in [2.05, 4.69) is 0 Å². The molecule has 0 saturated carbocycles. The van der Waals surface area contributed by atoms with E-state index < -0.39 is 18.1 Å². The van der Waals surface area contributed by atoms with E-state index >= 15 is 0 Å². The summed E-state index contributed by atoms with van der Waals surface area (Å²) >= 11 is 0. The molecule has 5 heteroatoms. The fraction of sp³-hybridized carbons (Fsp3) is 1.00. The predicted octanol–water partition coefficient (Wildman–Crippen LogP) is 2.33. The van der Waals surface area contributed by atoms with E-state index in [4.69, 9.17) is 10.5 Å². The van der Waals surface area contributed by atoms with Gasteiger partial charge in [-0.15, -0.1) is 0 Å². The lowest BCUT2D eigenvalue weighted by Gasteiger charge is -2.28. The minimum atomic E-state index is -4.26. The molecule has 0 aromatic heterocycles. The average Bonchev–Trinajstić information content (AvgIpc) is 2.20. The SMILES string of the molecule is CC.NC(C1CCOCC1)C(F)(F)F. The first-order valence-corrected chi connectivity index (χ1v) is 4.92. The summed E-state index contributed by atoms with van der Waals surface area (Å²) < 4.78 is 41.1. The quantitative estimate of drug-likeness (QED) is 0.725. The van der Waals surface area contributed by atoms with Crippen molar-refractivity contribution in [1.82, 2.24) is 0 Å². The van der Waals surface area contributed by atoms with Crippen LogP contribution in [0.4, 0.5) is 13.2 Å². The molecule has 0 aliphatic carbocycles. The number of rotatable bonds is 1. The standard InChI is InChI=1S/C7H12F3NO.C2H6/c8-7(9,10)6(11)5-1-3-12-4-2-5;1-2/h5-6H,1-4,11H2;1-2H3. The maximum Gasteiger partial charge on any atom is 0.403 e. The van der Waals surface area contributed by atoms with Gasteiger partial charge in [0.05, 0.1) is 0 Å². The van der Waals surface area contributed by atoms with E-state index in [1.165, 1.54) is 0 Å². The normalized spacial score (nSPS) is 21.0. The van der Waals surface area contributed by atoms with Gasteiger partial charge in [0, 0.05) is 13.2 Å². The minimum Gasteiger partial charge on any atom is -0.381 e. The largest absolute Gasteiger partial charge is 0.403 e. The van der Waals surface area contributed by atoms with Crippen LogP contribution in [0.2, 0.25) is 0 Å². The van der Waals surface area contributed by atoms with Gasteiger partial charge in [0.25, 0.3) is 0 Å². The van der Waals surface area contributed by atoms with Gasteiger partial charge in [0.15, 0.2) is 0 Å². The number of hydrogen-bond donors (Lipinski definition) is 1. The molecule has 0 bridgehead atoms. The van der Waals surface area contributed by atoms with Crippen LogP contribution >= 0.6 is 0 Å². The second-order valence-electron chi connectivity index (χ2n) is 3.02. The Morgan fingerprint density at radius 2 is 1.64 bits per heavy atom. The van der Waals surface area contributed by atoms with E-state index in [1.54, 1.807) is 0 Å². The molecule has 1 saturated heterocycles. The Labute approximate surface area is 82.6 Å². The molecular formula is C9H18F3NO. The van der Waals surface area contributed by atoms with Crippen LogP contribution in [0.5, 0.6) is 0 Å². The molecule has 0 aromatic rings. The Kier molecular flexibility index (Phi) is 6.11. The predicted molar refractivity (Wildman–Crippen MR) is 48.9 cm³/mol. The first-order chi connectivity index (χ1) is 6.52. The molecule has 1 aliphatic rings. The number of alkyl halides is 3. The van der Waals surface area contributed by atoms with Crippen LogP contribution in [0.15, 0.2) is 0 Å². The topological polar surface area (TPSA) is 35.2 Å². The highest BCUT2D eigenvalue weighted by Gasteiger charge is 2.42. The zero-order valence-corrected chi connectivity index (χ0v) is 8.60. The van der Waals surface area contributed by atoms with Crippen molar-refractivity contribution in [3.05, 3.63) is 0 Å². The number of nitrogens with two attached hydrogens (primary N) is 1. The molecule has 1 fully saturated rings. The fourth-order valence-electron chi connectivity index (χ4n) is 1.34. The van der Waals surface area contributed by atoms with E-state index in [0.717, 1.165) is 0 Å². The van der Waals surface area contributed by atoms with Crippen LogP contribution in [0.3, 0.4) is 0 Å². The van der Waals surface area contributed by atoms with Crippen molar-refractivity contribution < 1.29 is 17.9 Å². The van der Waals surface area contributed by atoms with Gasteiger partial charge in [-0.1, -0.05) is 13.8 Å². The van der Waals surface area contributed by atoms with Gasteiger partial charge in [0.2, 0.25) is 0 Å². The van der Waals surface area contributed by atoms with Crippen LogP contribution in [-0.2, 0) is 4.74 Å². The monoisotopic (exact) mass is 213 g/mol. The molecule has 2 N–H and O–H groups in total. The van der Waals surface area contributed by atoms with E-state index in [9.17, 15) is 13.2 Å². The lowest BCUT2D eigenvalue weighted by Crippen LogP contribution is -2.45. The minimum absolute atomic E-state index is 0.397. The smallest absolute Gasteiger partial charge is 0.381 e. The van der Waals surface area contributed by atoms with Gasteiger partial charge in [-0.25, -0.2) is 0 Å². The molecule has 1 heterocycles. The highest BCUT2D eigenvalue weighted by atomic mass is 19.4. The summed E-state index contributed by atoms with van der Waals surface area (Å²) in [5, 5.41) is 0. The average molecular weight is 213 g/mol. The molecule has 0 radical (unpaired) electrons. The number of hydrogen-bond acceptors (Lipinski definition) is 2. The van der Waals surface area contributed by atoms with E-state index in [1.807, 2.05) is 13.8 Å². The van der Waals surface area contributed by atoms with Gasteiger partial charge in [-0.3, -0.25) is 0 Å². The third-order valence-electron chi connectivity index (χ3n) is 2.15. The summed E-state index contributed by atoms with van der Waals surface area (Å²) in [6, 6.07) is -1.68. The van der Waals surface area contributed by atoms with Crippen molar-refractivity contribution in [3.63, 3.8) is 0 Å². The number of halogens is 3. The molecule has 0 amide bonds. The zero-order valence-electron chi connectivity index (χ0n) is 8.60. The summed E-state index contributed by atoms with van der Waals surface area (Å²) in [6.07, 6.45) is -3.43. The van der Waals surface area contributed by atoms with Crippen molar-refractivity contribution in [2.24, 2.45) is 11.7 Å². The van der Waals surface area contributed by atoms with Crippen LogP contribution < -0.4 is 5.73 Å². The van der Waals surface area contributed by atoms with Crippen LogP contribution in [0, 0.1) is 5.92 Å². The first-order valence-electron chi connectivity index (χ1n) is 4.92. The highest BCUT2D eigenvalue weighted by Crippen LogP contribution is 2.29. The Morgan fingerprint density at radius 1 is 1.21 bits per heavy atom. The molecule has 1 atom stereocenters. The molecule has 1 aliphatic heterocycles. The number of ether oxygens (including phenoxy) is 1. The Morgan fingerprint density at radius 3 is 2.00 bits per heavy atom. The summed E-state index contributed by atoms with van der Waals surface area (Å²) in [5.74, 6) is -0.459. The van der Waals surface area contributed by atoms with Crippen molar-refractivity contribution >= 4 is 0 Å². The Balaban J connectivity index is 0.000000791. The Bertz CT molecular complexity index is 143. The second-order valence-corrected chi connectivity index (χ2v) is 3.02. The summed E-state index contributed by atoms with van der Waals surface area (Å²) in [7, 11) is 0. The lowest BCUT2D eigenvalue weighted by molar-refractivity contribution is -0.165. The van der Waals surface area contributed by atoms with Crippen molar-refractivity contribution in [2.75, 3.05) is 13.2 Å². The zero-order chi connectivity index (χ0) is 11.2. The molecule has 1 rings (SSSR count). The van der Waals surface area contributed by atoms with Crippen LogP contribution in [0.25, 0.3) is 0 Å². The maximum atomic E-state index is 12.1. The maximum absolute atomic E-state index is 12.1. The Hall–Kier alpha value is -0.290. The van der Waals surface area contributed by atoms with Crippen LogP contribution in [-0.4, -0.2) is 25.4 Å². The molecule has 2 nitrogen and oxygen atoms in total. The summed E-state index contributed by atoms with van der Waals surface area (Å²) in [5.41, 5.74) is 5.04. The summed E-state index contributed by atoms with van der Waals surface area (Å²) in [4.78, 5) is 0. The first kappa shape index (κ1) is 13.7. The van der Waals surface area contributed by atoms with Crippen molar-refractivity contribution in [2.45, 2.75) is 38.9 Å². The molecular weight excluding hydrogens is 195 g/mol. The molecule has 0 spiro atoms. The molecule has 14 heavy (non-hydrogen) atoms. The van der Waals surface area contributed by atoms with E-state index in [-0.39, 0.29) is 0 Å².